The highest BCUT2D eigenvalue weighted by molar-refractivity contribution is 7.90. The molecule has 0 radical (unpaired) electrons. The zero-order valence-corrected chi connectivity index (χ0v) is 34.5. The summed E-state index contributed by atoms with van der Waals surface area (Å²) < 4.78 is 92.8. The number of likely N-dealkylation sites (tertiary alicyclic amines) is 1. The van der Waals surface area contributed by atoms with Crippen molar-refractivity contribution in [3.05, 3.63) is 40.7 Å². The Morgan fingerprint density at radius 3 is 2.03 bits per heavy atom. The number of fused-ring (bicyclic) bond motifs is 1. The molecule has 1 aromatic carbocycles. The number of anilines is 3. The summed E-state index contributed by atoms with van der Waals surface area (Å²) in [5.41, 5.74) is 2.07. The molecule has 2 saturated heterocycles. The van der Waals surface area contributed by atoms with Crippen LogP contribution in [0.25, 0.3) is 6.08 Å². The summed E-state index contributed by atoms with van der Waals surface area (Å²) in [6, 6.07) is 5.53. The average Bonchev–Trinajstić information content (AvgIpc) is 3.64. The van der Waals surface area contributed by atoms with E-state index in [1.807, 2.05) is 28.0 Å². The van der Waals surface area contributed by atoms with Gasteiger partial charge in [-0.1, -0.05) is 24.4 Å². The number of benzene rings is 1. The zero-order valence-electron chi connectivity index (χ0n) is 32.9. The van der Waals surface area contributed by atoms with Crippen molar-refractivity contribution in [2.75, 3.05) is 75.0 Å². The van der Waals surface area contributed by atoms with Gasteiger partial charge in [0.25, 0.3) is 0 Å². The Balaban J connectivity index is 0.000000504. The maximum absolute atomic E-state index is 13.6. The van der Waals surface area contributed by atoms with Gasteiger partial charge in [-0.15, -0.1) is 0 Å². The van der Waals surface area contributed by atoms with E-state index in [2.05, 4.69) is 25.5 Å². The number of amides is 2. The number of nitrogens with one attached hydrogen (secondary N) is 2. The number of carbonyl (C=O) groups excluding carboxylic acids is 2. The number of carboxylic acids is 2. The zero-order chi connectivity index (χ0) is 45.1. The van der Waals surface area contributed by atoms with Crippen LogP contribution in [0.5, 0.6) is 5.75 Å². The Labute approximate surface area is 352 Å². The molecule has 4 aliphatic rings. The largest absolute Gasteiger partial charge is 0.490 e. The second-order valence-corrected chi connectivity index (χ2v) is 17.3. The van der Waals surface area contributed by atoms with Crippen molar-refractivity contribution >= 4 is 68.6 Å². The van der Waals surface area contributed by atoms with Gasteiger partial charge in [0.1, 0.15) is 39.7 Å². The lowest BCUT2D eigenvalue weighted by Crippen LogP contribution is -2.50. The molecular formula is C37H46ClF6N7O9S. The van der Waals surface area contributed by atoms with E-state index in [4.69, 9.17) is 36.1 Å². The maximum Gasteiger partial charge on any atom is 0.490 e. The first-order valence-corrected chi connectivity index (χ1v) is 21.6. The number of hydrogen-bond donors (Lipinski definition) is 4. The van der Waals surface area contributed by atoms with Crippen molar-refractivity contribution in [2.24, 2.45) is 5.92 Å². The first-order valence-electron chi connectivity index (χ1n) is 19.1. The fraction of sp³-hybridized carbons (Fsp3) is 0.568. The maximum atomic E-state index is 13.6. The molecule has 1 saturated carbocycles. The van der Waals surface area contributed by atoms with Gasteiger partial charge in [0.2, 0.25) is 11.8 Å². The summed E-state index contributed by atoms with van der Waals surface area (Å²) in [6.07, 6.45) is 0.862. The highest BCUT2D eigenvalue weighted by atomic mass is 35.5. The van der Waals surface area contributed by atoms with Gasteiger partial charge < -0.3 is 35.4 Å². The van der Waals surface area contributed by atoms with Gasteiger partial charge >= 0.3 is 24.3 Å². The molecule has 24 heteroatoms. The number of halogens is 7. The van der Waals surface area contributed by atoms with Crippen LogP contribution in [0.3, 0.4) is 0 Å². The molecule has 338 valence electrons. The number of carboxylic acid groups (broad SMARTS) is 2. The number of carbonyl (C=O) groups is 4. The monoisotopic (exact) mass is 913 g/mol. The van der Waals surface area contributed by atoms with Gasteiger partial charge in [-0.05, 0) is 43.5 Å². The minimum Gasteiger partial charge on any atom is -0.489 e. The van der Waals surface area contributed by atoms with Gasteiger partial charge in [0.05, 0.1) is 16.3 Å². The molecular weight excluding hydrogens is 868 g/mol. The Kier molecular flexibility index (Phi) is 17.0. The molecule has 0 bridgehead atoms. The van der Waals surface area contributed by atoms with Crippen molar-refractivity contribution in [1.29, 1.82) is 0 Å². The number of hydrogen-bond acceptors (Lipinski definition) is 12. The van der Waals surface area contributed by atoms with Crippen LogP contribution in [0.4, 0.5) is 43.7 Å². The fourth-order valence-electron chi connectivity index (χ4n) is 6.79. The molecule has 2 aromatic rings. The number of sulfone groups is 1. The van der Waals surface area contributed by atoms with E-state index < -0.39 is 34.1 Å². The van der Waals surface area contributed by atoms with Crippen LogP contribution in [0, 0.1) is 5.92 Å². The topological polar surface area (TPSA) is 212 Å². The third-order valence-corrected chi connectivity index (χ3v) is 11.3. The van der Waals surface area contributed by atoms with E-state index in [1.54, 1.807) is 6.07 Å². The van der Waals surface area contributed by atoms with E-state index in [9.17, 15) is 44.3 Å². The van der Waals surface area contributed by atoms with E-state index in [0.29, 0.717) is 98.2 Å². The molecule has 0 atom stereocenters. The first kappa shape index (κ1) is 48.8. The highest BCUT2D eigenvalue weighted by Gasteiger charge is 2.39. The van der Waals surface area contributed by atoms with Crippen LogP contribution in [0.15, 0.2) is 30.1 Å². The van der Waals surface area contributed by atoms with Crippen molar-refractivity contribution in [1.82, 2.24) is 24.7 Å². The Hall–Kier alpha value is -4.90. The van der Waals surface area contributed by atoms with Crippen molar-refractivity contribution in [3.8, 4) is 5.75 Å². The number of aliphatic carboxylic acids is 2. The lowest BCUT2D eigenvalue weighted by atomic mass is 10.0. The molecule has 16 nitrogen and oxygen atoms in total. The lowest BCUT2D eigenvalue weighted by Gasteiger charge is -2.35. The standard InChI is InChI=1S/C33H44ClN7O5S.2C2HF3O2/c1-47(44,45)19-18-39-14-16-41(17-15-39)33(43)24-8-11-35-30-27(20-24)31(37-22-36-30)38-25-6-7-29(28(34)21-25)46-26-9-12-40(13-10-26)32(42)23-4-2-3-5-23;2*3-2(4,5)1(6)7/h6-7,20-23,26H,2-5,8-19H2,1H3,(H2,35,36,37,38);2*(H,6,7). The first-order chi connectivity index (χ1) is 28.5. The molecule has 6 rings (SSSR count). The Morgan fingerprint density at radius 1 is 0.902 bits per heavy atom. The van der Waals surface area contributed by atoms with E-state index in [1.165, 1.54) is 12.6 Å². The predicted octanol–water partition coefficient (Wildman–Crippen LogP) is 5.09. The number of alkyl halides is 6. The summed E-state index contributed by atoms with van der Waals surface area (Å²) in [7, 11) is -3.03. The number of rotatable bonds is 9. The number of piperazine rings is 1. The van der Waals surface area contributed by atoms with Crippen LogP contribution in [0.2, 0.25) is 5.02 Å². The molecule has 3 fully saturated rings. The molecule has 4 N–H and O–H groups in total. The molecule has 61 heavy (non-hydrogen) atoms. The van der Waals surface area contributed by atoms with Crippen molar-refractivity contribution < 1.29 is 68.9 Å². The molecule has 3 aliphatic heterocycles. The smallest absolute Gasteiger partial charge is 0.489 e. The molecule has 2 amide bonds. The Morgan fingerprint density at radius 2 is 1.49 bits per heavy atom. The van der Waals surface area contributed by atoms with Crippen molar-refractivity contribution in [3.63, 3.8) is 0 Å². The summed E-state index contributed by atoms with van der Waals surface area (Å²) in [5, 5.41) is 21.4. The number of nitrogens with zero attached hydrogens (tertiary/aromatic N) is 5. The minimum atomic E-state index is -5.08. The number of piperidine rings is 1. The van der Waals surface area contributed by atoms with Gasteiger partial charge in [0, 0.05) is 88.6 Å². The SMILES string of the molecule is CS(=O)(=O)CCN1CCN(C(=O)C2=Cc3c(ncnc3Nc3ccc(OC4CCN(C(=O)C5CCCC5)CC4)c(Cl)c3)NCC2)CC1.O=C(O)C(F)(F)F.O=C(O)C(F)(F)F. The van der Waals surface area contributed by atoms with Crippen LogP contribution in [-0.4, -0.2) is 150 Å². The van der Waals surface area contributed by atoms with E-state index in [0.717, 1.165) is 44.2 Å². The van der Waals surface area contributed by atoms with Crippen LogP contribution in [0.1, 0.15) is 50.5 Å². The molecule has 1 aliphatic carbocycles. The summed E-state index contributed by atoms with van der Waals surface area (Å²) in [4.78, 5) is 59.0. The third kappa shape index (κ3) is 15.2. The summed E-state index contributed by atoms with van der Waals surface area (Å²) in [6.45, 7) is 4.82. The molecule has 4 heterocycles. The van der Waals surface area contributed by atoms with Crippen molar-refractivity contribution in [2.45, 2.75) is 63.4 Å². The predicted molar refractivity (Wildman–Crippen MR) is 210 cm³/mol. The third-order valence-electron chi connectivity index (χ3n) is 10.0. The van der Waals surface area contributed by atoms with E-state index in [-0.39, 0.29) is 23.7 Å². The van der Waals surface area contributed by atoms with Gasteiger partial charge in [-0.25, -0.2) is 28.0 Å². The van der Waals surface area contributed by atoms with Crippen LogP contribution in [-0.2, 0) is 29.0 Å². The molecule has 0 unspecified atom stereocenters. The summed E-state index contributed by atoms with van der Waals surface area (Å²) in [5.74, 6) is -3.13. The highest BCUT2D eigenvalue weighted by Crippen LogP contribution is 2.34. The minimum absolute atomic E-state index is 0.000738. The molecule has 1 aromatic heterocycles. The number of ether oxygens (including phenoxy) is 1. The van der Waals surface area contributed by atoms with E-state index >= 15 is 0 Å². The second kappa shape index (κ2) is 21.3. The number of aromatic nitrogens is 2. The van der Waals surface area contributed by atoms with Crippen LogP contribution >= 0.6 is 11.6 Å². The normalized spacial score (nSPS) is 17.9. The summed E-state index contributed by atoms with van der Waals surface area (Å²) >= 11 is 6.68. The molecule has 0 spiro atoms. The van der Waals surface area contributed by atoms with Gasteiger partial charge in [-0.3, -0.25) is 14.5 Å². The van der Waals surface area contributed by atoms with Crippen LogP contribution < -0.4 is 15.4 Å². The van der Waals surface area contributed by atoms with Gasteiger partial charge in [-0.2, -0.15) is 26.3 Å². The van der Waals surface area contributed by atoms with Gasteiger partial charge in [0.15, 0.2) is 0 Å². The second-order valence-electron chi connectivity index (χ2n) is 14.6. The average molecular weight is 914 g/mol. The lowest BCUT2D eigenvalue weighted by molar-refractivity contribution is -0.193. The fourth-order valence-corrected chi connectivity index (χ4v) is 7.61. The Bertz CT molecular complexity index is 2000. The quantitative estimate of drug-likeness (QED) is 0.242.